The molecule has 0 aliphatic heterocycles. The Morgan fingerprint density at radius 3 is 2.53 bits per heavy atom. The molecule has 4 aromatic rings. The van der Waals surface area contributed by atoms with E-state index in [0.717, 1.165) is 24.3 Å². The van der Waals surface area contributed by atoms with Gasteiger partial charge in [-0.25, -0.2) is 22.1 Å². The number of hydrogen-bond acceptors (Lipinski definition) is 5. The minimum atomic E-state index is -3.89. The summed E-state index contributed by atoms with van der Waals surface area (Å²) in [5.41, 5.74) is 2.58. The zero-order valence-electron chi connectivity index (χ0n) is 18.8. The smallest absolute Gasteiger partial charge is 0.297 e. The van der Waals surface area contributed by atoms with E-state index in [1.807, 2.05) is 5.32 Å². The number of aromatic nitrogens is 3. The van der Waals surface area contributed by atoms with E-state index in [1.165, 1.54) is 41.9 Å². The summed E-state index contributed by atoms with van der Waals surface area (Å²) in [5, 5.41) is 16.3. The summed E-state index contributed by atoms with van der Waals surface area (Å²) >= 11 is 6.04. The lowest BCUT2D eigenvalue weighted by atomic mass is 9.84. The maximum absolute atomic E-state index is 15.4. The summed E-state index contributed by atoms with van der Waals surface area (Å²) in [4.78, 5) is 16.8. The molecule has 2 aromatic heterocycles. The summed E-state index contributed by atoms with van der Waals surface area (Å²) < 4.78 is 60.3. The number of rotatable bonds is 7. The number of halogens is 5. The number of nitrogen functional groups attached to an aromatic ring is 1. The Balaban J connectivity index is 1.61. The molecule has 12 heteroatoms. The molecule has 0 radical (unpaired) electrons. The van der Waals surface area contributed by atoms with Gasteiger partial charge < -0.3 is 16.2 Å². The number of hydrogen-bond donors (Lipinski definition) is 3. The van der Waals surface area contributed by atoms with E-state index >= 15 is 13.2 Å². The van der Waals surface area contributed by atoms with Crippen molar-refractivity contribution in [2.24, 2.45) is 0 Å². The number of fused-ring (bicyclic) bond motifs is 1. The fourth-order valence-electron chi connectivity index (χ4n) is 3.88. The van der Waals surface area contributed by atoms with Crippen LogP contribution in [0.2, 0.25) is 5.02 Å². The van der Waals surface area contributed by atoms with Crippen molar-refractivity contribution < 1.29 is 27.5 Å². The zero-order valence-corrected chi connectivity index (χ0v) is 19.5. The first-order chi connectivity index (χ1) is 17.0. The van der Waals surface area contributed by atoms with Crippen molar-refractivity contribution in [2.45, 2.75) is 24.9 Å². The van der Waals surface area contributed by atoms with Gasteiger partial charge >= 0.3 is 0 Å². The van der Waals surface area contributed by atoms with Crippen LogP contribution in [0.25, 0.3) is 16.8 Å². The van der Waals surface area contributed by atoms with E-state index in [4.69, 9.17) is 17.3 Å². The average Bonchev–Trinajstić information content (AvgIpc) is 3.22. The lowest BCUT2D eigenvalue weighted by Crippen LogP contribution is -2.52. The quantitative estimate of drug-likeness (QED) is 0.309. The minimum absolute atomic E-state index is 0.0115. The highest BCUT2D eigenvalue weighted by Gasteiger charge is 2.52. The van der Waals surface area contributed by atoms with Crippen molar-refractivity contribution in [2.75, 3.05) is 12.3 Å². The van der Waals surface area contributed by atoms with Crippen molar-refractivity contribution in [1.82, 2.24) is 19.9 Å². The molecule has 7 nitrogen and oxygen atoms in total. The maximum atomic E-state index is 15.4. The Morgan fingerprint density at radius 2 is 1.86 bits per heavy atom. The van der Waals surface area contributed by atoms with Crippen molar-refractivity contribution in [3.05, 3.63) is 82.5 Å². The van der Waals surface area contributed by atoms with Gasteiger partial charge in [0, 0.05) is 11.8 Å². The van der Waals surface area contributed by atoms with Gasteiger partial charge in [0.15, 0.2) is 11.2 Å². The summed E-state index contributed by atoms with van der Waals surface area (Å²) in [6.45, 7) is -0.0164. The first-order valence-electron chi connectivity index (χ1n) is 10.7. The molecule has 0 spiro atoms. The van der Waals surface area contributed by atoms with Gasteiger partial charge in [0.2, 0.25) is 5.95 Å². The van der Waals surface area contributed by atoms with E-state index in [1.54, 1.807) is 0 Å². The van der Waals surface area contributed by atoms with Gasteiger partial charge in [-0.2, -0.15) is 4.98 Å². The second-order valence-corrected chi connectivity index (χ2v) is 8.49. The number of nitrogens with one attached hydrogen (secondary N) is 1. The first kappa shape index (κ1) is 25.4. The monoisotopic (exact) mass is 521 g/mol. The Bertz CT molecular complexity index is 1440. The molecule has 1 atom stereocenters. The van der Waals surface area contributed by atoms with Gasteiger partial charge in [-0.3, -0.25) is 4.79 Å². The first-order valence-corrected chi connectivity index (χ1v) is 11.1. The molecule has 36 heavy (non-hydrogen) atoms. The topological polar surface area (TPSA) is 106 Å². The number of anilines is 1. The van der Waals surface area contributed by atoms with Gasteiger partial charge in [0.05, 0.1) is 17.1 Å². The highest BCUT2D eigenvalue weighted by atomic mass is 35.5. The molecule has 4 rings (SSSR count). The second-order valence-electron chi connectivity index (χ2n) is 8.08. The van der Waals surface area contributed by atoms with Crippen LogP contribution < -0.4 is 11.1 Å². The predicted octanol–water partition coefficient (Wildman–Crippen LogP) is 4.57. The Kier molecular flexibility index (Phi) is 6.63. The number of nitrogens with zero attached hydrogens (tertiary/aromatic N) is 3. The highest BCUT2D eigenvalue weighted by Crippen LogP contribution is 2.40. The molecule has 0 aliphatic rings. The number of aliphatic hydroxyl groups is 1. The Hall–Kier alpha value is -3.70. The Labute approximate surface area is 207 Å². The molecular weight excluding hydrogens is 502 g/mol. The molecule has 0 saturated heterocycles. The lowest BCUT2D eigenvalue weighted by molar-refractivity contribution is -0.185. The fraction of sp³-hybridized carbons (Fsp3) is 0.208. The van der Waals surface area contributed by atoms with Crippen LogP contribution in [0.1, 0.15) is 29.3 Å². The molecule has 0 saturated carbocycles. The molecule has 4 N–H and O–H groups in total. The number of benzene rings is 2. The number of carbonyl (C=O) groups is 1. The van der Waals surface area contributed by atoms with Crippen molar-refractivity contribution in [3.8, 4) is 11.1 Å². The van der Waals surface area contributed by atoms with Crippen LogP contribution in [-0.2, 0) is 5.60 Å². The maximum Gasteiger partial charge on any atom is 0.297 e. The largest absolute Gasteiger partial charge is 0.379 e. The molecular formula is C24H20ClF4N5O2. The van der Waals surface area contributed by atoms with Crippen LogP contribution >= 0.6 is 11.6 Å². The van der Waals surface area contributed by atoms with Crippen LogP contribution in [0.15, 0.2) is 54.7 Å². The third kappa shape index (κ3) is 4.47. The van der Waals surface area contributed by atoms with Gasteiger partial charge in [-0.15, -0.1) is 5.10 Å². The summed E-state index contributed by atoms with van der Waals surface area (Å²) in [6.07, 6.45) is 1.05. The fourth-order valence-corrected chi connectivity index (χ4v) is 4.11. The Morgan fingerprint density at radius 1 is 1.17 bits per heavy atom. The molecule has 0 fully saturated rings. The van der Waals surface area contributed by atoms with E-state index in [2.05, 4.69) is 10.1 Å². The minimum Gasteiger partial charge on any atom is -0.379 e. The SMILES string of the molecule is CC[C@](O)(c1ccc(F)cc1)C(F)(F)CNC(=O)c1c(Cl)ccc(-c2ccn3nc(N)nc3c2)c1F. The van der Waals surface area contributed by atoms with Crippen LogP contribution in [0.3, 0.4) is 0 Å². The van der Waals surface area contributed by atoms with Crippen molar-refractivity contribution in [3.63, 3.8) is 0 Å². The van der Waals surface area contributed by atoms with E-state index < -0.39 is 47.6 Å². The van der Waals surface area contributed by atoms with Crippen LogP contribution in [0.5, 0.6) is 0 Å². The zero-order chi connectivity index (χ0) is 26.3. The molecule has 188 valence electrons. The van der Waals surface area contributed by atoms with Crippen molar-refractivity contribution in [1.29, 1.82) is 0 Å². The molecule has 1 amide bonds. The van der Waals surface area contributed by atoms with Crippen LogP contribution in [0, 0.1) is 11.6 Å². The predicted molar refractivity (Wildman–Crippen MR) is 126 cm³/mol. The van der Waals surface area contributed by atoms with Crippen LogP contribution in [0.4, 0.5) is 23.5 Å². The number of carbonyl (C=O) groups excluding carboxylic acids is 1. The molecule has 0 unspecified atom stereocenters. The standard InChI is InChI=1S/C24H20ClF4N5O2/c1-2-23(36,14-3-5-15(26)6-4-14)24(28,29)12-31-21(35)19-17(25)8-7-16(20(19)27)13-9-10-34-18(11-13)32-22(30)33-34/h3-11,36H,2,12H2,1H3,(H2,30,33)(H,31,35)/t23-/m0/s1. The normalized spacial score (nSPS) is 13.5. The molecule has 2 aromatic carbocycles. The third-order valence-corrected chi connectivity index (χ3v) is 6.21. The average molecular weight is 522 g/mol. The summed E-state index contributed by atoms with van der Waals surface area (Å²) in [6, 6.07) is 9.54. The molecule has 0 aliphatic carbocycles. The second kappa shape index (κ2) is 9.40. The summed E-state index contributed by atoms with van der Waals surface area (Å²) in [5.74, 6) is -6.79. The van der Waals surface area contributed by atoms with Crippen LogP contribution in [-0.4, -0.2) is 38.1 Å². The van der Waals surface area contributed by atoms with Gasteiger partial charge in [0.25, 0.3) is 11.8 Å². The lowest BCUT2D eigenvalue weighted by Gasteiger charge is -2.35. The number of alkyl halides is 2. The number of amides is 1. The van der Waals surface area contributed by atoms with E-state index in [0.29, 0.717) is 11.2 Å². The van der Waals surface area contributed by atoms with Crippen molar-refractivity contribution >= 4 is 29.1 Å². The highest BCUT2D eigenvalue weighted by molar-refractivity contribution is 6.34. The van der Waals surface area contributed by atoms with Gasteiger partial charge in [-0.05, 0) is 53.9 Å². The van der Waals surface area contributed by atoms with Gasteiger partial charge in [-0.1, -0.05) is 30.7 Å². The number of pyridine rings is 1. The van der Waals surface area contributed by atoms with Gasteiger partial charge in [0.1, 0.15) is 11.6 Å². The summed E-state index contributed by atoms with van der Waals surface area (Å²) in [7, 11) is 0. The molecule has 2 heterocycles. The number of nitrogens with two attached hydrogens (primary N) is 1. The third-order valence-electron chi connectivity index (χ3n) is 5.89. The van der Waals surface area contributed by atoms with E-state index in [9.17, 15) is 14.3 Å². The van der Waals surface area contributed by atoms with E-state index in [-0.39, 0.29) is 22.1 Å². The molecule has 0 bridgehead atoms.